The molecule has 1 rings (SSSR count). The lowest BCUT2D eigenvalue weighted by molar-refractivity contribution is -0.113. The fourth-order valence-electron chi connectivity index (χ4n) is 0.781. The van der Waals surface area contributed by atoms with Crippen LogP contribution in [0.4, 0.5) is 5.82 Å². The predicted molar refractivity (Wildman–Crippen MR) is 47.3 cm³/mol. The number of nitrogens with one attached hydrogen (secondary N) is 1. The van der Waals surface area contributed by atoms with E-state index >= 15 is 0 Å². The van der Waals surface area contributed by atoms with Crippen molar-refractivity contribution in [2.45, 2.75) is 13.5 Å². The van der Waals surface area contributed by atoms with E-state index in [0.717, 1.165) is 6.54 Å². The van der Waals surface area contributed by atoms with Crippen LogP contribution in [0.3, 0.4) is 0 Å². The van der Waals surface area contributed by atoms with Crippen LogP contribution in [0.1, 0.15) is 6.92 Å². The van der Waals surface area contributed by atoms with Gasteiger partial charge in [0, 0.05) is 18.8 Å². The van der Waals surface area contributed by atoms with Crippen LogP contribution in [0, 0.1) is 0 Å². The molecule has 4 nitrogen and oxygen atoms in total. The van der Waals surface area contributed by atoms with Crippen LogP contribution in [0.25, 0.3) is 0 Å². The highest BCUT2D eigenvalue weighted by molar-refractivity contribution is 6.28. The summed E-state index contributed by atoms with van der Waals surface area (Å²) in [6.45, 7) is 2.76. The zero-order valence-corrected chi connectivity index (χ0v) is 7.51. The number of aromatic nitrogens is 2. The number of hydrogen-bond donors (Lipinski definition) is 1. The fourth-order valence-corrected chi connectivity index (χ4v) is 0.848. The number of nitrogens with zero attached hydrogens (tertiary/aromatic N) is 2. The lowest BCUT2D eigenvalue weighted by Gasteiger charge is -1.96. The summed E-state index contributed by atoms with van der Waals surface area (Å²) in [4.78, 5) is 10.8. The molecule has 0 radical (unpaired) electrons. The highest BCUT2D eigenvalue weighted by atomic mass is 35.5. The van der Waals surface area contributed by atoms with Gasteiger partial charge >= 0.3 is 0 Å². The van der Waals surface area contributed by atoms with Gasteiger partial charge in [-0.1, -0.05) is 0 Å². The van der Waals surface area contributed by atoms with Crippen molar-refractivity contribution in [2.24, 2.45) is 0 Å². The SMILES string of the molecule is CCn1ccc(NC(=O)CCl)n1. The lowest BCUT2D eigenvalue weighted by Crippen LogP contribution is -2.13. The molecule has 0 aliphatic rings. The largest absolute Gasteiger partial charge is 0.308 e. The number of aryl methyl sites for hydroxylation is 1. The monoisotopic (exact) mass is 187 g/mol. The molecule has 0 aliphatic heterocycles. The van der Waals surface area contributed by atoms with Crippen LogP contribution in [0.5, 0.6) is 0 Å². The number of halogens is 1. The Morgan fingerprint density at radius 1 is 1.83 bits per heavy atom. The third-order valence-corrected chi connectivity index (χ3v) is 1.60. The molecule has 5 heteroatoms. The summed E-state index contributed by atoms with van der Waals surface area (Å²) in [7, 11) is 0. The molecular formula is C7H10ClN3O. The average Bonchev–Trinajstić information content (AvgIpc) is 2.52. The van der Waals surface area contributed by atoms with Gasteiger partial charge in [-0.15, -0.1) is 11.6 Å². The standard InChI is InChI=1S/C7H10ClN3O/c1-2-11-4-3-6(10-11)9-7(12)5-8/h3-4H,2,5H2,1H3,(H,9,10,12). The van der Waals surface area contributed by atoms with E-state index in [2.05, 4.69) is 10.4 Å². The van der Waals surface area contributed by atoms with E-state index in [-0.39, 0.29) is 11.8 Å². The van der Waals surface area contributed by atoms with Gasteiger partial charge in [-0.05, 0) is 6.92 Å². The first-order valence-corrected chi connectivity index (χ1v) is 4.19. The number of carbonyl (C=O) groups is 1. The Labute approximate surface area is 75.5 Å². The highest BCUT2D eigenvalue weighted by Gasteiger charge is 2.01. The zero-order chi connectivity index (χ0) is 8.97. The van der Waals surface area contributed by atoms with Gasteiger partial charge in [0.25, 0.3) is 0 Å². The molecule has 0 saturated heterocycles. The van der Waals surface area contributed by atoms with Gasteiger partial charge in [0.2, 0.25) is 5.91 Å². The predicted octanol–water partition coefficient (Wildman–Crippen LogP) is 1.08. The molecule has 0 fully saturated rings. The van der Waals surface area contributed by atoms with Gasteiger partial charge in [0.05, 0.1) is 0 Å². The summed E-state index contributed by atoms with van der Waals surface area (Å²) in [5.74, 6) is 0.263. The van der Waals surface area contributed by atoms with Crippen LogP contribution >= 0.6 is 11.6 Å². The second kappa shape index (κ2) is 4.11. The van der Waals surface area contributed by atoms with Gasteiger partial charge in [0.1, 0.15) is 5.88 Å². The van der Waals surface area contributed by atoms with E-state index in [9.17, 15) is 4.79 Å². The van der Waals surface area contributed by atoms with Crippen LogP contribution in [0.2, 0.25) is 0 Å². The maximum absolute atomic E-state index is 10.8. The molecule has 0 unspecified atom stereocenters. The Morgan fingerprint density at radius 3 is 3.08 bits per heavy atom. The van der Waals surface area contributed by atoms with E-state index in [4.69, 9.17) is 11.6 Å². The van der Waals surface area contributed by atoms with E-state index in [0.29, 0.717) is 5.82 Å². The molecular weight excluding hydrogens is 178 g/mol. The topological polar surface area (TPSA) is 46.9 Å². The molecule has 0 spiro atoms. The molecule has 0 aliphatic carbocycles. The molecule has 0 atom stereocenters. The van der Waals surface area contributed by atoms with E-state index < -0.39 is 0 Å². The second-order valence-electron chi connectivity index (χ2n) is 2.24. The molecule has 1 aromatic heterocycles. The van der Waals surface area contributed by atoms with Crippen molar-refractivity contribution in [2.75, 3.05) is 11.2 Å². The second-order valence-corrected chi connectivity index (χ2v) is 2.51. The molecule has 1 N–H and O–H groups in total. The minimum Gasteiger partial charge on any atom is -0.308 e. The molecule has 66 valence electrons. The maximum atomic E-state index is 10.8. The highest BCUT2D eigenvalue weighted by Crippen LogP contribution is 2.01. The third-order valence-electron chi connectivity index (χ3n) is 1.35. The molecule has 0 bridgehead atoms. The number of alkyl halides is 1. The molecule has 0 aromatic carbocycles. The summed E-state index contributed by atoms with van der Waals surface area (Å²) in [5, 5.41) is 6.59. The number of anilines is 1. The van der Waals surface area contributed by atoms with Crippen molar-refractivity contribution in [1.29, 1.82) is 0 Å². The minimum absolute atomic E-state index is 0.0427. The Bertz CT molecular complexity index is 271. The molecule has 1 aromatic rings. The summed E-state index contributed by atoms with van der Waals surface area (Å²) >= 11 is 5.30. The maximum Gasteiger partial charge on any atom is 0.240 e. The van der Waals surface area contributed by atoms with Gasteiger partial charge in [0.15, 0.2) is 5.82 Å². The molecule has 1 heterocycles. The van der Waals surface area contributed by atoms with Crippen molar-refractivity contribution in [3.8, 4) is 0 Å². The number of carbonyl (C=O) groups excluding carboxylic acids is 1. The van der Waals surface area contributed by atoms with E-state index in [1.54, 1.807) is 16.9 Å². The van der Waals surface area contributed by atoms with Crippen molar-refractivity contribution in [1.82, 2.24) is 9.78 Å². The molecule has 0 saturated carbocycles. The Kier molecular flexibility index (Phi) is 3.10. The fraction of sp³-hybridized carbons (Fsp3) is 0.429. The van der Waals surface area contributed by atoms with Crippen LogP contribution in [-0.4, -0.2) is 21.6 Å². The normalized spacial score (nSPS) is 9.83. The number of amides is 1. The smallest absolute Gasteiger partial charge is 0.240 e. The number of rotatable bonds is 3. The van der Waals surface area contributed by atoms with Crippen molar-refractivity contribution in [3.05, 3.63) is 12.3 Å². The van der Waals surface area contributed by atoms with Crippen molar-refractivity contribution < 1.29 is 4.79 Å². The van der Waals surface area contributed by atoms with Gasteiger partial charge < -0.3 is 5.32 Å². The summed E-state index contributed by atoms with van der Waals surface area (Å²) in [5.41, 5.74) is 0. The van der Waals surface area contributed by atoms with Crippen LogP contribution in [-0.2, 0) is 11.3 Å². The summed E-state index contributed by atoms with van der Waals surface area (Å²) < 4.78 is 1.73. The Balaban J connectivity index is 2.58. The van der Waals surface area contributed by atoms with E-state index in [1.807, 2.05) is 6.92 Å². The number of hydrogen-bond acceptors (Lipinski definition) is 2. The third kappa shape index (κ3) is 2.23. The quantitative estimate of drug-likeness (QED) is 0.720. The van der Waals surface area contributed by atoms with Crippen molar-refractivity contribution in [3.63, 3.8) is 0 Å². The Hall–Kier alpha value is -1.03. The van der Waals surface area contributed by atoms with Crippen LogP contribution in [0.15, 0.2) is 12.3 Å². The first kappa shape index (κ1) is 9.06. The van der Waals surface area contributed by atoms with Crippen LogP contribution < -0.4 is 5.32 Å². The van der Waals surface area contributed by atoms with E-state index in [1.165, 1.54) is 0 Å². The first-order chi connectivity index (χ1) is 5.76. The zero-order valence-electron chi connectivity index (χ0n) is 6.75. The Morgan fingerprint density at radius 2 is 2.58 bits per heavy atom. The first-order valence-electron chi connectivity index (χ1n) is 3.65. The van der Waals surface area contributed by atoms with Gasteiger partial charge in [-0.3, -0.25) is 9.48 Å². The van der Waals surface area contributed by atoms with Crippen molar-refractivity contribution >= 4 is 23.3 Å². The van der Waals surface area contributed by atoms with Gasteiger partial charge in [-0.25, -0.2) is 0 Å². The molecule has 1 amide bonds. The lowest BCUT2D eigenvalue weighted by atomic mass is 10.6. The van der Waals surface area contributed by atoms with Gasteiger partial charge in [-0.2, -0.15) is 5.10 Å². The summed E-state index contributed by atoms with van der Waals surface area (Å²) in [6, 6.07) is 1.73. The minimum atomic E-state index is -0.238. The summed E-state index contributed by atoms with van der Waals surface area (Å²) in [6.07, 6.45) is 1.80. The average molecular weight is 188 g/mol. The molecule has 12 heavy (non-hydrogen) atoms.